The third-order valence-electron chi connectivity index (χ3n) is 3.33. The number of methoxy groups -OCH3 is 1. The molecular formula is C16H15N3O2. The van der Waals surface area contributed by atoms with Gasteiger partial charge in [-0.2, -0.15) is 4.68 Å². The molecule has 3 aromatic rings. The Hall–Kier alpha value is -2.82. The molecule has 0 fully saturated rings. The number of hydrogen-bond acceptors (Lipinski definition) is 3. The summed E-state index contributed by atoms with van der Waals surface area (Å²) in [5.41, 5.74) is 1.44. The van der Waals surface area contributed by atoms with E-state index in [1.54, 1.807) is 14.2 Å². The van der Waals surface area contributed by atoms with Crippen LogP contribution in [0.15, 0.2) is 59.4 Å². The van der Waals surface area contributed by atoms with Crippen LogP contribution in [0.5, 0.6) is 5.75 Å². The number of aromatic nitrogens is 3. The van der Waals surface area contributed by atoms with Crippen LogP contribution in [0.2, 0.25) is 0 Å². The van der Waals surface area contributed by atoms with Crippen LogP contribution in [0.3, 0.4) is 0 Å². The van der Waals surface area contributed by atoms with E-state index < -0.39 is 0 Å². The monoisotopic (exact) mass is 281 g/mol. The number of benzene rings is 2. The second-order valence-electron chi connectivity index (χ2n) is 4.64. The van der Waals surface area contributed by atoms with E-state index in [4.69, 9.17) is 4.74 Å². The van der Waals surface area contributed by atoms with E-state index in [9.17, 15) is 4.79 Å². The van der Waals surface area contributed by atoms with Crippen molar-refractivity contribution in [3.63, 3.8) is 0 Å². The number of nitrogens with zero attached hydrogens (tertiary/aromatic N) is 3. The zero-order chi connectivity index (χ0) is 14.8. The summed E-state index contributed by atoms with van der Waals surface area (Å²) in [6.07, 6.45) is 0. The maximum atomic E-state index is 12.3. The lowest BCUT2D eigenvalue weighted by atomic mass is 10.2. The summed E-state index contributed by atoms with van der Waals surface area (Å²) in [6, 6.07) is 16.8. The predicted molar refractivity (Wildman–Crippen MR) is 80.8 cm³/mol. The summed E-state index contributed by atoms with van der Waals surface area (Å²) in [5, 5.41) is 4.43. The second kappa shape index (κ2) is 5.28. The van der Waals surface area contributed by atoms with Gasteiger partial charge in [-0.1, -0.05) is 18.2 Å². The molecule has 1 aromatic heterocycles. The molecule has 3 rings (SSSR count). The molecule has 0 saturated carbocycles. The highest BCUT2D eigenvalue weighted by Gasteiger charge is 2.13. The highest BCUT2D eigenvalue weighted by molar-refractivity contribution is 5.56. The quantitative estimate of drug-likeness (QED) is 0.740. The Morgan fingerprint density at radius 3 is 2.29 bits per heavy atom. The highest BCUT2D eigenvalue weighted by atomic mass is 16.5. The van der Waals surface area contributed by atoms with Crippen molar-refractivity contribution >= 4 is 0 Å². The number of hydrogen-bond donors (Lipinski definition) is 0. The van der Waals surface area contributed by atoms with Gasteiger partial charge in [0.25, 0.3) is 0 Å². The van der Waals surface area contributed by atoms with Crippen molar-refractivity contribution in [1.29, 1.82) is 0 Å². The number of para-hydroxylation sites is 1. The minimum atomic E-state index is -0.174. The van der Waals surface area contributed by atoms with Gasteiger partial charge in [0.05, 0.1) is 12.8 Å². The van der Waals surface area contributed by atoms with E-state index in [0.717, 1.165) is 17.0 Å². The molecule has 1 heterocycles. The van der Waals surface area contributed by atoms with Crippen LogP contribution in [-0.2, 0) is 7.05 Å². The molecule has 0 amide bonds. The SMILES string of the molecule is COc1ccc(-c2nn(-c3ccccc3)c(=O)n2C)cc1. The van der Waals surface area contributed by atoms with Crippen LogP contribution >= 0.6 is 0 Å². The van der Waals surface area contributed by atoms with E-state index in [1.165, 1.54) is 9.25 Å². The Balaban J connectivity index is 2.10. The molecule has 0 bridgehead atoms. The first-order chi connectivity index (χ1) is 10.2. The summed E-state index contributed by atoms with van der Waals surface area (Å²) >= 11 is 0. The smallest absolute Gasteiger partial charge is 0.350 e. The second-order valence-corrected chi connectivity index (χ2v) is 4.64. The van der Waals surface area contributed by atoms with E-state index in [2.05, 4.69) is 5.10 Å². The average Bonchev–Trinajstić information content (AvgIpc) is 2.84. The molecule has 0 saturated heterocycles. The van der Waals surface area contributed by atoms with Crippen molar-refractivity contribution in [2.45, 2.75) is 0 Å². The van der Waals surface area contributed by atoms with Crippen LogP contribution in [0.25, 0.3) is 17.1 Å². The van der Waals surface area contributed by atoms with Gasteiger partial charge in [0.15, 0.2) is 5.82 Å². The highest BCUT2D eigenvalue weighted by Crippen LogP contribution is 2.19. The van der Waals surface area contributed by atoms with Crippen LogP contribution in [0, 0.1) is 0 Å². The molecule has 21 heavy (non-hydrogen) atoms. The minimum absolute atomic E-state index is 0.174. The maximum Gasteiger partial charge on any atom is 0.350 e. The first kappa shape index (κ1) is 13.2. The van der Waals surface area contributed by atoms with E-state index in [1.807, 2.05) is 54.6 Å². The molecule has 0 spiro atoms. The van der Waals surface area contributed by atoms with Crippen LogP contribution in [0.1, 0.15) is 0 Å². The Kier molecular flexibility index (Phi) is 3.31. The Bertz CT molecular complexity index is 802. The zero-order valence-corrected chi connectivity index (χ0v) is 11.9. The van der Waals surface area contributed by atoms with Crippen molar-refractivity contribution in [3.05, 3.63) is 65.1 Å². The Morgan fingerprint density at radius 1 is 1.00 bits per heavy atom. The summed E-state index contributed by atoms with van der Waals surface area (Å²) in [6.45, 7) is 0. The van der Waals surface area contributed by atoms with Gasteiger partial charge in [-0.25, -0.2) is 4.79 Å². The van der Waals surface area contributed by atoms with Crippen molar-refractivity contribution < 1.29 is 4.74 Å². The van der Waals surface area contributed by atoms with Crippen LogP contribution in [0.4, 0.5) is 0 Å². The number of ether oxygens (including phenoxy) is 1. The lowest BCUT2D eigenvalue weighted by Crippen LogP contribution is -2.21. The lowest BCUT2D eigenvalue weighted by Gasteiger charge is -2.02. The van der Waals surface area contributed by atoms with Gasteiger partial charge in [0.1, 0.15) is 5.75 Å². The predicted octanol–water partition coefficient (Wildman–Crippen LogP) is 2.25. The summed E-state index contributed by atoms with van der Waals surface area (Å²) in [4.78, 5) is 12.3. The standard InChI is InChI=1S/C16H15N3O2/c1-18-15(12-8-10-14(21-2)11-9-12)17-19(16(18)20)13-6-4-3-5-7-13/h3-11H,1-2H3. The first-order valence-electron chi connectivity index (χ1n) is 6.56. The van der Waals surface area contributed by atoms with Gasteiger partial charge in [-0.3, -0.25) is 4.57 Å². The first-order valence-corrected chi connectivity index (χ1v) is 6.56. The molecule has 0 unspecified atom stereocenters. The van der Waals surface area contributed by atoms with Crippen LogP contribution < -0.4 is 10.4 Å². The van der Waals surface area contributed by atoms with Crippen molar-refractivity contribution in [2.24, 2.45) is 7.05 Å². The molecule has 5 heteroatoms. The fourth-order valence-electron chi connectivity index (χ4n) is 2.17. The van der Waals surface area contributed by atoms with Gasteiger partial charge in [-0.05, 0) is 36.4 Å². The zero-order valence-electron chi connectivity index (χ0n) is 11.9. The summed E-state index contributed by atoms with van der Waals surface area (Å²) in [5.74, 6) is 1.39. The van der Waals surface area contributed by atoms with Gasteiger partial charge < -0.3 is 4.74 Å². The molecule has 0 atom stereocenters. The van der Waals surface area contributed by atoms with E-state index in [0.29, 0.717) is 5.82 Å². The molecule has 106 valence electrons. The van der Waals surface area contributed by atoms with Crippen LogP contribution in [-0.4, -0.2) is 21.5 Å². The number of rotatable bonds is 3. The Labute approximate surface area is 122 Å². The van der Waals surface area contributed by atoms with Gasteiger partial charge in [0.2, 0.25) is 0 Å². The summed E-state index contributed by atoms with van der Waals surface area (Å²) in [7, 11) is 3.34. The third kappa shape index (κ3) is 2.33. The fourth-order valence-corrected chi connectivity index (χ4v) is 2.17. The molecule has 0 radical (unpaired) electrons. The van der Waals surface area contributed by atoms with Gasteiger partial charge in [0, 0.05) is 12.6 Å². The lowest BCUT2D eigenvalue weighted by molar-refractivity contribution is 0.415. The molecule has 0 aliphatic rings. The van der Waals surface area contributed by atoms with Gasteiger partial charge >= 0.3 is 5.69 Å². The molecule has 2 aromatic carbocycles. The minimum Gasteiger partial charge on any atom is -0.497 e. The third-order valence-corrected chi connectivity index (χ3v) is 3.33. The normalized spacial score (nSPS) is 10.6. The summed E-state index contributed by atoms with van der Waals surface area (Å²) < 4.78 is 8.08. The van der Waals surface area contributed by atoms with E-state index >= 15 is 0 Å². The maximum absolute atomic E-state index is 12.3. The van der Waals surface area contributed by atoms with Crippen molar-refractivity contribution in [2.75, 3.05) is 7.11 Å². The largest absolute Gasteiger partial charge is 0.497 e. The fraction of sp³-hybridized carbons (Fsp3) is 0.125. The molecule has 0 aliphatic carbocycles. The molecule has 5 nitrogen and oxygen atoms in total. The molecule has 0 N–H and O–H groups in total. The Morgan fingerprint density at radius 2 is 1.67 bits per heavy atom. The topological polar surface area (TPSA) is 49.1 Å². The average molecular weight is 281 g/mol. The van der Waals surface area contributed by atoms with E-state index in [-0.39, 0.29) is 5.69 Å². The van der Waals surface area contributed by atoms with Crippen molar-refractivity contribution in [3.8, 4) is 22.8 Å². The van der Waals surface area contributed by atoms with Crippen molar-refractivity contribution in [1.82, 2.24) is 14.3 Å². The molecule has 0 aliphatic heterocycles. The van der Waals surface area contributed by atoms with Gasteiger partial charge in [-0.15, -0.1) is 5.10 Å². The molecular weight excluding hydrogens is 266 g/mol.